The Morgan fingerprint density at radius 1 is 1.44 bits per heavy atom. The second kappa shape index (κ2) is 6.23. The zero-order valence-corrected chi connectivity index (χ0v) is 10.4. The molecular formula is C13H19N3O2. The number of hydrogen-bond donors (Lipinski definition) is 2. The summed E-state index contributed by atoms with van der Waals surface area (Å²) in [5.74, 6) is 1.37. The van der Waals surface area contributed by atoms with Crippen LogP contribution in [0.2, 0.25) is 0 Å². The van der Waals surface area contributed by atoms with Gasteiger partial charge in [-0.25, -0.2) is 0 Å². The van der Waals surface area contributed by atoms with E-state index in [1.54, 1.807) is 18.3 Å². The summed E-state index contributed by atoms with van der Waals surface area (Å²) in [7, 11) is 0. The smallest absolute Gasteiger partial charge is 0.188 e. The zero-order chi connectivity index (χ0) is 12.8. The monoisotopic (exact) mass is 249 g/mol. The number of nitrogens with zero attached hydrogens (tertiary/aromatic N) is 2. The maximum atomic E-state index is 8.60. The molecule has 0 aliphatic heterocycles. The lowest BCUT2D eigenvalue weighted by Crippen LogP contribution is -2.17. The van der Waals surface area contributed by atoms with E-state index in [2.05, 4.69) is 10.1 Å². The molecule has 0 spiro atoms. The van der Waals surface area contributed by atoms with Crippen molar-refractivity contribution in [2.24, 2.45) is 16.8 Å². The number of pyridine rings is 1. The Kier molecular flexibility index (Phi) is 4.39. The molecule has 18 heavy (non-hydrogen) atoms. The number of aromatic nitrogens is 1. The molecule has 1 heterocycles. The third-order valence-corrected chi connectivity index (χ3v) is 3.31. The van der Waals surface area contributed by atoms with Gasteiger partial charge < -0.3 is 15.7 Å². The SMILES string of the molecule is NC(=NO)c1cc(OCC2CCCCC2)ccn1. The zero-order valence-electron chi connectivity index (χ0n) is 10.4. The van der Waals surface area contributed by atoms with Crippen molar-refractivity contribution in [3.8, 4) is 5.75 Å². The van der Waals surface area contributed by atoms with Gasteiger partial charge in [-0.05, 0) is 24.8 Å². The summed E-state index contributed by atoms with van der Waals surface area (Å²) in [6.45, 7) is 0.736. The summed E-state index contributed by atoms with van der Waals surface area (Å²) in [6.07, 6.45) is 8.05. The van der Waals surface area contributed by atoms with E-state index >= 15 is 0 Å². The number of oxime groups is 1. The molecule has 1 fully saturated rings. The van der Waals surface area contributed by atoms with E-state index in [-0.39, 0.29) is 5.84 Å². The maximum absolute atomic E-state index is 8.60. The lowest BCUT2D eigenvalue weighted by Gasteiger charge is -2.21. The first-order valence-electron chi connectivity index (χ1n) is 6.36. The van der Waals surface area contributed by atoms with Crippen LogP contribution in [0.4, 0.5) is 0 Å². The molecule has 5 heteroatoms. The van der Waals surface area contributed by atoms with Crippen LogP contribution in [0.25, 0.3) is 0 Å². The highest BCUT2D eigenvalue weighted by Crippen LogP contribution is 2.24. The molecule has 1 aromatic rings. The summed E-state index contributed by atoms with van der Waals surface area (Å²) in [6, 6.07) is 3.48. The van der Waals surface area contributed by atoms with E-state index in [9.17, 15) is 0 Å². The lowest BCUT2D eigenvalue weighted by atomic mass is 9.90. The van der Waals surface area contributed by atoms with Crippen LogP contribution < -0.4 is 10.5 Å². The molecule has 1 aliphatic rings. The summed E-state index contributed by atoms with van der Waals surface area (Å²) in [5, 5.41) is 11.5. The average molecular weight is 249 g/mol. The Morgan fingerprint density at radius 2 is 2.22 bits per heavy atom. The van der Waals surface area contributed by atoms with Crippen molar-refractivity contribution in [3.05, 3.63) is 24.0 Å². The number of amidine groups is 1. The van der Waals surface area contributed by atoms with Crippen molar-refractivity contribution in [1.29, 1.82) is 0 Å². The highest BCUT2D eigenvalue weighted by molar-refractivity contribution is 5.95. The summed E-state index contributed by atoms with van der Waals surface area (Å²) in [4.78, 5) is 4.01. The molecule has 0 atom stereocenters. The lowest BCUT2D eigenvalue weighted by molar-refractivity contribution is 0.208. The summed E-state index contributed by atoms with van der Waals surface area (Å²) >= 11 is 0. The van der Waals surface area contributed by atoms with Crippen molar-refractivity contribution < 1.29 is 9.94 Å². The van der Waals surface area contributed by atoms with Crippen molar-refractivity contribution in [2.45, 2.75) is 32.1 Å². The molecule has 3 N–H and O–H groups in total. The second-order valence-corrected chi connectivity index (χ2v) is 4.68. The molecular weight excluding hydrogens is 230 g/mol. The van der Waals surface area contributed by atoms with Gasteiger partial charge in [0.05, 0.1) is 6.61 Å². The summed E-state index contributed by atoms with van der Waals surface area (Å²) in [5.41, 5.74) is 5.91. The fourth-order valence-electron chi connectivity index (χ4n) is 2.26. The van der Waals surface area contributed by atoms with Crippen LogP contribution in [0.15, 0.2) is 23.5 Å². The van der Waals surface area contributed by atoms with Crippen LogP contribution in [0.5, 0.6) is 5.75 Å². The van der Waals surface area contributed by atoms with Crippen molar-refractivity contribution in [1.82, 2.24) is 4.98 Å². The van der Waals surface area contributed by atoms with Crippen LogP contribution in [-0.2, 0) is 0 Å². The largest absolute Gasteiger partial charge is 0.493 e. The first kappa shape index (κ1) is 12.7. The maximum Gasteiger partial charge on any atom is 0.188 e. The topological polar surface area (TPSA) is 80.7 Å². The normalized spacial score (nSPS) is 17.7. The van der Waals surface area contributed by atoms with Gasteiger partial charge in [0.15, 0.2) is 5.84 Å². The highest BCUT2D eigenvalue weighted by atomic mass is 16.5. The van der Waals surface area contributed by atoms with Gasteiger partial charge in [-0.15, -0.1) is 0 Å². The molecule has 0 amide bonds. The molecule has 0 saturated heterocycles. The van der Waals surface area contributed by atoms with Gasteiger partial charge in [-0.1, -0.05) is 24.4 Å². The first-order chi connectivity index (χ1) is 8.79. The van der Waals surface area contributed by atoms with Gasteiger partial charge in [0.1, 0.15) is 11.4 Å². The Morgan fingerprint density at radius 3 is 2.94 bits per heavy atom. The number of nitrogens with two attached hydrogens (primary N) is 1. The standard InChI is InChI=1S/C13H19N3O2/c14-13(16-17)12-8-11(6-7-15-12)18-9-10-4-2-1-3-5-10/h6-8,10,17H,1-5,9H2,(H2,14,16). The van der Waals surface area contributed by atoms with Crippen molar-refractivity contribution in [3.63, 3.8) is 0 Å². The molecule has 0 aromatic carbocycles. The van der Waals surface area contributed by atoms with E-state index in [1.165, 1.54) is 32.1 Å². The van der Waals surface area contributed by atoms with Gasteiger partial charge in [0.25, 0.3) is 0 Å². The van der Waals surface area contributed by atoms with Crippen LogP contribution in [-0.4, -0.2) is 22.6 Å². The minimum atomic E-state index is -0.00174. The molecule has 0 radical (unpaired) electrons. The number of hydrogen-bond acceptors (Lipinski definition) is 4. The molecule has 1 aliphatic carbocycles. The van der Waals surface area contributed by atoms with E-state index in [0.717, 1.165) is 12.4 Å². The van der Waals surface area contributed by atoms with E-state index < -0.39 is 0 Å². The average Bonchev–Trinajstić information content (AvgIpc) is 2.45. The Hall–Kier alpha value is -1.78. The van der Waals surface area contributed by atoms with Gasteiger partial charge >= 0.3 is 0 Å². The number of rotatable bonds is 4. The Bertz CT molecular complexity index is 414. The molecule has 1 aromatic heterocycles. The molecule has 5 nitrogen and oxygen atoms in total. The fourth-order valence-corrected chi connectivity index (χ4v) is 2.26. The van der Waals surface area contributed by atoms with Gasteiger partial charge in [0.2, 0.25) is 0 Å². The van der Waals surface area contributed by atoms with E-state index in [0.29, 0.717) is 11.6 Å². The predicted molar refractivity (Wildman–Crippen MR) is 68.8 cm³/mol. The molecule has 98 valence electrons. The fraction of sp³-hybridized carbons (Fsp3) is 0.538. The van der Waals surface area contributed by atoms with Crippen molar-refractivity contribution in [2.75, 3.05) is 6.61 Å². The van der Waals surface area contributed by atoms with Crippen LogP contribution in [0.3, 0.4) is 0 Å². The third-order valence-electron chi connectivity index (χ3n) is 3.31. The first-order valence-corrected chi connectivity index (χ1v) is 6.36. The van der Waals surface area contributed by atoms with Crippen LogP contribution >= 0.6 is 0 Å². The second-order valence-electron chi connectivity index (χ2n) is 4.68. The van der Waals surface area contributed by atoms with Crippen LogP contribution in [0, 0.1) is 5.92 Å². The molecule has 2 rings (SSSR count). The predicted octanol–water partition coefficient (Wildman–Crippen LogP) is 2.14. The van der Waals surface area contributed by atoms with Crippen LogP contribution in [0.1, 0.15) is 37.8 Å². The Balaban J connectivity index is 1.92. The minimum absolute atomic E-state index is 0.00174. The van der Waals surface area contributed by atoms with Crippen molar-refractivity contribution >= 4 is 5.84 Å². The van der Waals surface area contributed by atoms with Gasteiger partial charge in [0, 0.05) is 12.3 Å². The molecule has 0 unspecified atom stereocenters. The van der Waals surface area contributed by atoms with E-state index in [1.807, 2.05) is 0 Å². The summed E-state index contributed by atoms with van der Waals surface area (Å²) < 4.78 is 5.75. The van der Waals surface area contributed by atoms with Gasteiger partial charge in [-0.2, -0.15) is 0 Å². The number of ether oxygens (including phenoxy) is 1. The molecule has 0 bridgehead atoms. The Labute approximate surface area is 107 Å². The van der Waals surface area contributed by atoms with Gasteiger partial charge in [-0.3, -0.25) is 4.98 Å². The minimum Gasteiger partial charge on any atom is -0.493 e. The third kappa shape index (κ3) is 3.35. The quantitative estimate of drug-likeness (QED) is 0.371. The highest BCUT2D eigenvalue weighted by Gasteiger charge is 2.14. The molecule has 1 saturated carbocycles. The van der Waals surface area contributed by atoms with E-state index in [4.69, 9.17) is 15.7 Å².